The summed E-state index contributed by atoms with van der Waals surface area (Å²) in [5.74, 6) is 0. The Kier molecular flexibility index (Phi) is 4.42. The monoisotopic (exact) mass is 216 g/mol. The minimum atomic E-state index is -0.375. The highest BCUT2D eigenvalue weighted by atomic mass is 35.5. The number of rotatable bonds is 5. The molecule has 0 bridgehead atoms. The molecule has 3 N–H and O–H groups in total. The van der Waals surface area contributed by atoms with Crippen LogP contribution < -0.4 is 16.2 Å². The fraction of sp³-hybridized carbons (Fsp3) is 0.500. The fourth-order valence-corrected chi connectivity index (χ4v) is 1.13. The van der Waals surface area contributed by atoms with Crippen molar-refractivity contribution in [2.24, 2.45) is 0 Å². The summed E-state index contributed by atoms with van der Waals surface area (Å²) >= 11 is 5.74. The molecular formula is C8H13ClN4O. The first kappa shape index (κ1) is 11.0. The first-order chi connectivity index (χ1) is 6.75. The van der Waals surface area contributed by atoms with E-state index in [1.54, 1.807) is 0 Å². The van der Waals surface area contributed by atoms with E-state index in [-0.39, 0.29) is 10.6 Å². The number of nitrogens with zero attached hydrogens (tertiary/aromatic N) is 1. The lowest BCUT2D eigenvalue weighted by Gasteiger charge is -2.06. The van der Waals surface area contributed by atoms with Gasteiger partial charge in [0, 0.05) is 13.1 Å². The van der Waals surface area contributed by atoms with Gasteiger partial charge in [0.1, 0.15) is 5.02 Å². The van der Waals surface area contributed by atoms with Gasteiger partial charge in [-0.25, -0.2) is 5.10 Å². The molecular weight excluding hydrogens is 204 g/mol. The molecule has 0 aliphatic carbocycles. The molecule has 1 aromatic rings. The van der Waals surface area contributed by atoms with E-state index >= 15 is 0 Å². The van der Waals surface area contributed by atoms with Gasteiger partial charge in [-0.3, -0.25) is 4.79 Å². The number of hydrogen-bond acceptors (Lipinski definition) is 4. The van der Waals surface area contributed by atoms with Gasteiger partial charge in [-0.15, -0.1) is 0 Å². The van der Waals surface area contributed by atoms with Crippen LogP contribution in [0.25, 0.3) is 0 Å². The highest BCUT2D eigenvalue weighted by molar-refractivity contribution is 6.32. The second kappa shape index (κ2) is 5.62. The third-order valence-corrected chi connectivity index (χ3v) is 2.04. The number of nitrogens with one attached hydrogen (secondary N) is 3. The van der Waals surface area contributed by atoms with Crippen molar-refractivity contribution in [3.8, 4) is 0 Å². The van der Waals surface area contributed by atoms with Gasteiger partial charge in [0.15, 0.2) is 0 Å². The van der Waals surface area contributed by atoms with Crippen LogP contribution in [0.4, 0.5) is 5.69 Å². The summed E-state index contributed by atoms with van der Waals surface area (Å²) in [6, 6.07) is 0. The number of hydrogen-bond donors (Lipinski definition) is 3. The number of H-pyrrole nitrogens is 1. The van der Waals surface area contributed by atoms with Crippen LogP contribution in [-0.2, 0) is 0 Å². The van der Waals surface area contributed by atoms with E-state index in [0.717, 1.165) is 13.1 Å². The van der Waals surface area contributed by atoms with Crippen LogP contribution in [0.5, 0.6) is 0 Å². The Labute approximate surface area is 86.9 Å². The van der Waals surface area contributed by atoms with Crippen LogP contribution in [0.15, 0.2) is 11.0 Å². The molecule has 0 spiro atoms. The minimum absolute atomic E-state index is 0.150. The number of anilines is 1. The first-order valence-electron chi connectivity index (χ1n) is 4.43. The summed E-state index contributed by atoms with van der Waals surface area (Å²) < 4.78 is 0. The number of aromatic nitrogens is 2. The average Bonchev–Trinajstić information content (AvgIpc) is 2.19. The van der Waals surface area contributed by atoms with Crippen LogP contribution in [0.3, 0.4) is 0 Å². The smallest absolute Gasteiger partial charge is 0.285 e. The Balaban J connectivity index is 2.51. The Hall–Kier alpha value is -1.07. The van der Waals surface area contributed by atoms with Crippen molar-refractivity contribution in [2.45, 2.75) is 6.92 Å². The maximum absolute atomic E-state index is 11.0. The van der Waals surface area contributed by atoms with Crippen molar-refractivity contribution >= 4 is 17.3 Å². The normalized spacial score (nSPS) is 10.1. The summed E-state index contributed by atoms with van der Waals surface area (Å²) in [7, 11) is 0. The summed E-state index contributed by atoms with van der Waals surface area (Å²) in [6.07, 6.45) is 1.50. The Morgan fingerprint density at radius 1 is 1.57 bits per heavy atom. The van der Waals surface area contributed by atoms with E-state index in [1.807, 2.05) is 6.92 Å². The van der Waals surface area contributed by atoms with Crippen molar-refractivity contribution in [3.63, 3.8) is 0 Å². The standard InChI is InChI=1S/C8H13ClN4O/c1-2-10-3-4-11-6-5-12-13-8(14)7(6)9/h5,10H,2-4H2,1H3,(H2,11,13,14). The number of likely N-dealkylation sites (N-methyl/N-ethyl adjacent to an activating group) is 1. The van der Waals surface area contributed by atoms with Gasteiger partial charge in [0.05, 0.1) is 11.9 Å². The largest absolute Gasteiger partial charge is 0.381 e. The number of halogens is 1. The van der Waals surface area contributed by atoms with Crippen LogP contribution >= 0.6 is 11.6 Å². The molecule has 0 atom stereocenters. The van der Waals surface area contributed by atoms with Crippen molar-refractivity contribution in [2.75, 3.05) is 25.0 Å². The predicted octanol–water partition coefficient (Wildman–Crippen LogP) is 0.445. The molecule has 0 saturated heterocycles. The van der Waals surface area contributed by atoms with Crippen molar-refractivity contribution in [1.82, 2.24) is 15.5 Å². The summed E-state index contributed by atoms with van der Waals surface area (Å²) in [6.45, 7) is 4.48. The second-order valence-corrected chi connectivity index (χ2v) is 3.09. The zero-order valence-corrected chi connectivity index (χ0v) is 8.69. The highest BCUT2D eigenvalue weighted by Crippen LogP contribution is 2.13. The van der Waals surface area contributed by atoms with Gasteiger partial charge in [0.25, 0.3) is 5.56 Å². The van der Waals surface area contributed by atoms with E-state index in [1.165, 1.54) is 6.20 Å². The van der Waals surface area contributed by atoms with Crippen LogP contribution in [0, 0.1) is 0 Å². The second-order valence-electron chi connectivity index (χ2n) is 2.71. The third-order valence-electron chi connectivity index (χ3n) is 1.66. The molecule has 0 radical (unpaired) electrons. The Bertz CT molecular complexity index is 338. The van der Waals surface area contributed by atoms with Crippen LogP contribution in [-0.4, -0.2) is 29.8 Å². The molecule has 0 saturated carbocycles. The molecule has 0 aromatic carbocycles. The van der Waals surface area contributed by atoms with E-state index < -0.39 is 0 Å². The lowest BCUT2D eigenvalue weighted by molar-refractivity contribution is 0.738. The SMILES string of the molecule is CCNCCNc1cn[nH]c(=O)c1Cl. The first-order valence-corrected chi connectivity index (χ1v) is 4.81. The quantitative estimate of drug-likeness (QED) is 0.625. The Morgan fingerprint density at radius 3 is 3.07 bits per heavy atom. The Morgan fingerprint density at radius 2 is 2.36 bits per heavy atom. The molecule has 0 unspecified atom stereocenters. The molecule has 14 heavy (non-hydrogen) atoms. The summed E-state index contributed by atoms with van der Waals surface area (Å²) in [4.78, 5) is 11.0. The molecule has 0 aliphatic heterocycles. The van der Waals surface area contributed by atoms with Gasteiger partial charge in [-0.05, 0) is 6.54 Å². The maximum Gasteiger partial charge on any atom is 0.285 e. The zero-order chi connectivity index (χ0) is 10.4. The van der Waals surface area contributed by atoms with E-state index in [0.29, 0.717) is 12.2 Å². The minimum Gasteiger partial charge on any atom is -0.381 e. The van der Waals surface area contributed by atoms with Crippen molar-refractivity contribution < 1.29 is 0 Å². The molecule has 78 valence electrons. The lowest BCUT2D eigenvalue weighted by atomic mass is 10.4. The van der Waals surface area contributed by atoms with Crippen molar-refractivity contribution in [3.05, 3.63) is 21.6 Å². The van der Waals surface area contributed by atoms with Gasteiger partial charge >= 0.3 is 0 Å². The lowest BCUT2D eigenvalue weighted by Crippen LogP contribution is -2.22. The molecule has 1 rings (SSSR count). The van der Waals surface area contributed by atoms with Gasteiger partial charge < -0.3 is 10.6 Å². The topological polar surface area (TPSA) is 69.8 Å². The molecule has 0 amide bonds. The molecule has 0 aliphatic rings. The zero-order valence-electron chi connectivity index (χ0n) is 7.93. The van der Waals surface area contributed by atoms with E-state index in [4.69, 9.17) is 11.6 Å². The van der Waals surface area contributed by atoms with Gasteiger partial charge in [-0.1, -0.05) is 18.5 Å². The van der Waals surface area contributed by atoms with Crippen molar-refractivity contribution in [1.29, 1.82) is 0 Å². The molecule has 1 aromatic heterocycles. The average molecular weight is 217 g/mol. The van der Waals surface area contributed by atoms with Crippen LogP contribution in [0.2, 0.25) is 5.02 Å². The number of aromatic amines is 1. The van der Waals surface area contributed by atoms with Gasteiger partial charge in [-0.2, -0.15) is 5.10 Å². The predicted molar refractivity (Wildman–Crippen MR) is 56.9 cm³/mol. The molecule has 0 fully saturated rings. The maximum atomic E-state index is 11.0. The molecule has 1 heterocycles. The summed E-state index contributed by atoms with van der Waals surface area (Å²) in [5.41, 5.74) is 0.188. The van der Waals surface area contributed by atoms with Crippen LogP contribution in [0.1, 0.15) is 6.92 Å². The van der Waals surface area contributed by atoms with E-state index in [9.17, 15) is 4.79 Å². The summed E-state index contributed by atoms with van der Waals surface area (Å²) in [5, 5.41) is 12.2. The van der Waals surface area contributed by atoms with E-state index in [2.05, 4.69) is 20.8 Å². The third kappa shape index (κ3) is 3.01. The fourth-order valence-electron chi connectivity index (χ4n) is 0.969. The highest BCUT2D eigenvalue weighted by Gasteiger charge is 2.02. The van der Waals surface area contributed by atoms with Gasteiger partial charge in [0.2, 0.25) is 0 Å². The molecule has 5 nitrogen and oxygen atoms in total. The molecule has 6 heteroatoms.